The summed E-state index contributed by atoms with van der Waals surface area (Å²) < 4.78 is 10.9. The zero-order valence-corrected chi connectivity index (χ0v) is 11.6. The standard InChI is InChI=1S/C15H20N2O2/c1-4-18-14-7-5-13(6-8-14)10-16-12(3)15-17-9-11(2)19-15/h5-9,12,16H,4,10H2,1-3H3. The molecule has 0 saturated carbocycles. The molecule has 1 N–H and O–H groups in total. The molecule has 1 heterocycles. The molecule has 0 fully saturated rings. The maximum Gasteiger partial charge on any atom is 0.211 e. The average Bonchev–Trinajstić information content (AvgIpc) is 2.85. The van der Waals surface area contributed by atoms with Crippen LogP contribution in [0.2, 0.25) is 0 Å². The number of hydrogen-bond donors (Lipinski definition) is 1. The molecular weight excluding hydrogens is 240 g/mol. The van der Waals surface area contributed by atoms with Gasteiger partial charge >= 0.3 is 0 Å². The zero-order chi connectivity index (χ0) is 13.7. The van der Waals surface area contributed by atoms with Crippen molar-refractivity contribution in [2.24, 2.45) is 0 Å². The molecule has 0 aliphatic carbocycles. The van der Waals surface area contributed by atoms with Gasteiger partial charge in [0.1, 0.15) is 11.5 Å². The molecule has 4 nitrogen and oxygen atoms in total. The van der Waals surface area contributed by atoms with Crippen LogP contribution in [0.3, 0.4) is 0 Å². The van der Waals surface area contributed by atoms with Gasteiger partial charge in [-0.2, -0.15) is 0 Å². The van der Waals surface area contributed by atoms with Crippen molar-refractivity contribution in [3.63, 3.8) is 0 Å². The molecule has 2 rings (SSSR count). The van der Waals surface area contributed by atoms with Gasteiger partial charge in [-0.05, 0) is 38.5 Å². The van der Waals surface area contributed by atoms with Gasteiger partial charge in [-0.15, -0.1) is 0 Å². The van der Waals surface area contributed by atoms with Gasteiger partial charge in [0.2, 0.25) is 5.89 Å². The number of nitrogens with one attached hydrogen (secondary N) is 1. The van der Waals surface area contributed by atoms with Gasteiger partial charge in [-0.25, -0.2) is 4.98 Å². The van der Waals surface area contributed by atoms with Crippen molar-refractivity contribution in [3.05, 3.63) is 47.7 Å². The highest BCUT2D eigenvalue weighted by Gasteiger charge is 2.10. The van der Waals surface area contributed by atoms with Crippen molar-refractivity contribution < 1.29 is 9.15 Å². The third-order valence-electron chi connectivity index (χ3n) is 2.86. The summed E-state index contributed by atoms with van der Waals surface area (Å²) in [4.78, 5) is 4.22. The largest absolute Gasteiger partial charge is 0.494 e. The molecule has 2 aromatic rings. The molecule has 4 heteroatoms. The Balaban J connectivity index is 1.87. The molecule has 1 atom stereocenters. The summed E-state index contributed by atoms with van der Waals surface area (Å²) in [6, 6.07) is 8.19. The summed E-state index contributed by atoms with van der Waals surface area (Å²) in [5.74, 6) is 2.47. The minimum atomic E-state index is 0.0975. The number of nitrogens with zero attached hydrogens (tertiary/aromatic N) is 1. The van der Waals surface area contributed by atoms with Gasteiger partial charge in [-0.3, -0.25) is 0 Å². The minimum Gasteiger partial charge on any atom is -0.494 e. The topological polar surface area (TPSA) is 47.3 Å². The lowest BCUT2D eigenvalue weighted by atomic mass is 10.2. The summed E-state index contributed by atoms with van der Waals surface area (Å²) in [6.45, 7) is 7.39. The first-order chi connectivity index (χ1) is 9.19. The molecule has 0 saturated heterocycles. The monoisotopic (exact) mass is 260 g/mol. The van der Waals surface area contributed by atoms with Gasteiger partial charge in [0, 0.05) is 6.54 Å². The van der Waals surface area contributed by atoms with E-state index in [4.69, 9.17) is 9.15 Å². The molecule has 0 radical (unpaired) electrons. The second-order valence-corrected chi connectivity index (χ2v) is 4.49. The molecule has 0 aliphatic rings. The third-order valence-corrected chi connectivity index (χ3v) is 2.86. The summed E-state index contributed by atoms with van der Waals surface area (Å²) in [5, 5.41) is 3.38. The Bertz CT molecular complexity index is 505. The third kappa shape index (κ3) is 3.83. The van der Waals surface area contributed by atoms with Crippen LogP contribution in [0.4, 0.5) is 0 Å². The summed E-state index contributed by atoms with van der Waals surface area (Å²) >= 11 is 0. The van der Waals surface area contributed by atoms with Crippen LogP contribution in [0.5, 0.6) is 5.75 Å². The van der Waals surface area contributed by atoms with E-state index in [9.17, 15) is 0 Å². The average molecular weight is 260 g/mol. The number of aryl methyl sites for hydroxylation is 1. The quantitative estimate of drug-likeness (QED) is 0.866. The van der Waals surface area contributed by atoms with Gasteiger partial charge in [0.15, 0.2) is 0 Å². The molecule has 0 spiro atoms. The van der Waals surface area contributed by atoms with Crippen LogP contribution in [0.25, 0.3) is 0 Å². The predicted molar refractivity (Wildman–Crippen MR) is 74.1 cm³/mol. The lowest BCUT2D eigenvalue weighted by Crippen LogP contribution is -2.18. The fraction of sp³-hybridized carbons (Fsp3) is 0.400. The van der Waals surface area contributed by atoms with Crippen LogP contribution >= 0.6 is 0 Å². The Morgan fingerprint density at radius 2 is 2.05 bits per heavy atom. The molecule has 1 unspecified atom stereocenters. The Kier molecular flexibility index (Phi) is 4.58. The molecule has 102 valence electrons. The molecule has 1 aromatic heterocycles. The molecule has 0 bridgehead atoms. The van der Waals surface area contributed by atoms with Crippen molar-refractivity contribution >= 4 is 0 Å². The van der Waals surface area contributed by atoms with Crippen LogP contribution in [-0.4, -0.2) is 11.6 Å². The number of benzene rings is 1. The van der Waals surface area contributed by atoms with Gasteiger partial charge in [0.05, 0.1) is 18.8 Å². The minimum absolute atomic E-state index is 0.0975. The van der Waals surface area contributed by atoms with Crippen LogP contribution in [0.1, 0.15) is 37.1 Å². The van der Waals surface area contributed by atoms with E-state index in [1.54, 1.807) is 6.20 Å². The lowest BCUT2D eigenvalue weighted by Gasteiger charge is -2.10. The van der Waals surface area contributed by atoms with Gasteiger partial charge in [-0.1, -0.05) is 12.1 Å². The van der Waals surface area contributed by atoms with Crippen LogP contribution in [0, 0.1) is 6.92 Å². The first kappa shape index (κ1) is 13.6. The van der Waals surface area contributed by atoms with Crippen molar-refractivity contribution in [1.82, 2.24) is 10.3 Å². The van der Waals surface area contributed by atoms with Crippen molar-refractivity contribution in [3.8, 4) is 5.75 Å². The molecule has 0 aliphatic heterocycles. The highest BCUT2D eigenvalue weighted by molar-refractivity contribution is 5.27. The lowest BCUT2D eigenvalue weighted by molar-refractivity contribution is 0.340. The van der Waals surface area contributed by atoms with E-state index in [0.29, 0.717) is 6.61 Å². The molecule has 0 amide bonds. The zero-order valence-electron chi connectivity index (χ0n) is 11.6. The number of aromatic nitrogens is 1. The highest BCUT2D eigenvalue weighted by atomic mass is 16.5. The fourth-order valence-corrected chi connectivity index (χ4v) is 1.80. The van der Waals surface area contributed by atoms with Crippen molar-refractivity contribution in [1.29, 1.82) is 0 Å². The summed E-state index contributed by atoms with van der Waals surface area (Å²) in [5.41, 5.74) is 1.21. The van der Waals surface area contributed by atoms with Crippen molar-refractivity contribution in [2.75, 3.05) is 6.61 Å². The van der Waals surface area contributed by atoms with E-state index in [-0.39, 0.29) is 6.04 Å². The smallest absolute Gasteiger partial charge is 0.211 e. The number of rotatable bonds is 6. The fourth-order valence-electron chi connectivity index (χ4n) is 1.80. The number of ether oxygens (including phenoxy) is 1. The summed E-state index contributed by atoms with van der Waals surface area (Å²) in [7, 11) is 0. The van der Waals surface area contributed by atoms with Crippen LogP contribution < -0.4 is 10.1 Å². The maximum atomic E-state index is 5.49. The van der Waals surface area contributed by atoms with E-state index in [2.05, 4.69) is 22.4 Å². The summed E-state index contributed by atoms with van der Waals surface area (Å²) in [6.07, 6.45) is 1.74. The normalized spacial score (nSPS) is 12.4. The van der Waals surface area contributed by atoms with E-state index < -0.39 is 0 Å². The van der Waals surface area contributed by atoms with Crippen LogP contribution in [0.15, 0.2) is 34.9 Å². The second-order valence-electron chi connectivity index (χ2n) is 4.49. The number of oxazole rings is 1. The maximum absolute atomic E-state index is 5.49. The van der Waals surface area contributed by atoms with E-state index in [1.165, 1.54) is 5.56 Å². The molecule has 1 aromatic carbocycles. The van der Waals surface area contributed by atoms with Crippen molar-refractivity contribution in [2.45, 2.75) is 33.4 Å². The first-order valence-corrected chi connectivity index (χ1v) is 6.56. The van der Waals surface area contributed by atoms with E-state index in [1.807, 2.05) is 32.9 Å². The highest BCUT2D eigenvalue weighted by Crippen LogP contribution is 2.15. The van der Waals surface area contributed by atoms with E-state index in [0.717, 1.165) is 23.9 Å². The molecular formula is C15H20N2O2. The number of hydrogen-bond acceptors (Lipinski definition) is 4. The van der Waals surface area contributed by atoms with E-state index >= 15 is 0 Å². The SMILES string of the molecule is CCOc1ccc(CNC(C)c2ncc(C)o2)cc1. The first-order valence-electron chi connectivity index (χ1n) is 6.56. The van der Waals surface area contributed by atoms with Gasteiger partial charge < -0.3 is 14.5 Å². The Morgan fingerprint density at radius 3 is 2.63 bits per heavy atom. The predicted octanol–water partition coefficient (Wildman–Crippen LogP) is 3.23. The Hall–Kier alpha value is -1.81. The second kappa shape index (κ2) is 6.38. The Morgan fingerprint density at radius 1 is 1.32 bits per heavy atom. The van der Waals surface area contributed by atoms with Crippen LogP contribution in [-0.2, 0) is 6.54 Å². The van der Waals surface area contributed by atoms with Gasteiger partial charge in [0.25, 0.3) is 0 Å². The molecule has 19 heavy (non-hydrogen) atoms. The Labute approximate surface area is 113 Å².